The lowest BCUT2D eigenvalue weighted by atomic mass is 10.1. The van der Waals surface area contributed by atoms with Gasteiger partial charge in [-0.05, 0) is 77.0 Å². The maximum atomic E-state index is 12.7. The van der Waals surface area contributed by atoms with Gasteiger partial charge in [0.15, 0.2) is 12.1 Å². The number of quaternary nitrogens is 1. The second-order valence-corrected chi connectivity index (χ2v) is 14.1. The monoisotopic (exact) mass is 741 g/mol. The highest BCUT2D eigenvalue weighted by Crippen LogP contribution is 2.11. The van der Waals surface area contributed by atoms with Crippen molar-refractivity contribution in [3.8, 4) is 0 Å². The third-order valence-electron chi connectivity index (χ3n) is 8.28. The SMILES string of the molecule is CC/C=C/C/C=C/C/C=C/C/C=C/C/C=C/C/C=C/CCCC(=O)OC(COCCC(C(=O)O)[N+](C)(C)C)COC(=O)CCC/C=C/CCCCCC. The molecule has 1 N–H and O–H groups in total. The second kappa shape index (κ2) is 35.5. The maximum Gasteiger partial charge on any atom is 0.362 e. The van der Waals surface area contributed by atoms with Crippen LogP contribution in [0.25, 0.3) is 0 Å². The molecule has 0 aliphatic carbocycles. The lowest BCUT2D eigenvalue weighted by Gasteiger charge is -2.31. The number of aliphatic carboxylic acids is 1. The van der Waals surface area contributed by atoms with E-state index >= 15 is 0 Å². The van der Waals surface area contributed by atoms with Gasteiger partial charge in [-0.15, -0.1) is 0 Å². The Hall–Kier alpha value is -3.49. The van der Waals surface area contributed by atoms with Crippen LogP contribution >= 0.6 is 0 Å². The lowest BCUT2D eigenvalue weighted by Crippen LogP contribution is -2.50. The molecule has 53 heavy (non-hydrogen) atoms. The normalized spacial score (nSPS) is 13.9. The molecule has 300 valence electrons. The van der Waals surface area contributed by atoms with Gasteiger partial charge in [0.1, 0.15) is 6.61 Å². The molecule has 0 aromatic carbocycles. The van der Waals surface area contributed by atoms with Crippen molar-refractivity contribution >= 4 is 17.9 Å². The molecule has 0 bridgehead atoms. The minimum absolute atomic E-state index is 0.0242. The highest BCUT2D eigenvalue weighted by molar-refractivity contribution is 5.72. The molecule has 0 saturated heterocycles. The molecule has 2 unspecified atom stereocenters. The summed E-state index contributed by atoms with van der Waals surface area (Å²) in [5.41, 5.74) is 0. The summed E-state index contributed by atoms with van der Waals surface area (Å²) in [5, 5.41) is 9.58. The van der Waals surface area contributed by atoms with E-state index < -0.39 is 18.1 Å². The van der Waals surface area contributed by atoms with E-state index in [0.29, 0.717) is 19.3 Å². The number of carbonyl (C=O) groups excluding carboxylic acids is 2. The van der Waals surface area contributed by atoms with E-state index in [0.717, 1.165) is 57.8 Å². The van der Waals surface area contributed by atoms with E-state index in [2.05, 4.69) is 98.9 Å². The summed E-state index contributed by atoms with van der Waals surface area (Å²) in [6.07, 6.45) is 45.1. The van der Waals surface area contributed by atoms with E-state index in [4.69, 9.17) is 14.2 Å². The predicted octanol–water partition coefficient (Wildman–Crippen LogP) is 10.6. The number of carbonyl (C=O) groups is 3. The van der Waals surface area contributed by atoms with Crippen LogP contribution in [0.2, 0.25) is 0 Å². The molecule has 0 aliphatic heterocycles. The Balaban J connectivity index is 4.52. The van der Waals surface area contributed by atoms with Gasteiger partial charge in [0.25, 0.3) is 0 Å². The highest BCUT2D eigenvalue weighted by atomic mass is 16.6. The zero-order valence-corrected chi connectivity index (χ0v) is 33.9. The number of likely N-dealkylation sites (N-methyl/N-ethyl adjacent to an activating group) is 1. The van der Waals surface area contributed by atoms with Crippen LogP contribution in [0.5, 0.6) is 0 Å². The van der Waals surface area contributed by atoms with E-state index in [1.165, 1.54) is 25.7 Å². The van der Waals surface area contributed by atoms with Crippen molar-refractivity contribution < 1.29 is 38.2 Å². The summed E-state index contributed by atoms with van der Waals surface area (Å²) in [7, 11) is 5.48. The maximum absolute atomic E-state index is 12.7. The molecule has 0 saturated carbocycles. The molecule has 0 spiro atoms. The zero-order chi connectivity index (χ0) is 39.3. The minimum atomic E-state index is -0.892. The molecule has 0 radical (unpaired) electrons. The molecular weight excluding hydrogens is 666 g/mol. The molecule has 8 heteroatoms. The fourth-order valence-corrected chi connectivity index (χ4v) is 5.16. The zero-order valence-electron chi connectivity index (χ0n) is 33.9. The van der Waals surface area contributed by atoms with E-state index in [-0.39, 0.29) is 49.1 Å². The Bertz CT molecular complexity index is 1140. The van der Waals surface area contributed by atoms with Gasteiger partial charge in [-0.3, -0.25) is 9.59 Å². The highest BCUT2D eigenvalue weighted by Gasteiger charge is 2.31. The smallest absolute Gasteiger partial charge is 0.362 e. The van der Waals surface area contributed by atoms with E-state index in [1.807, 2.05) is 21.1 Å². The first kappa shape index (κ1) is 49.5. The van der Waals surface area contributed by atoms with Crippen LogP contribution in [0, 0.1) is 0 Å². The number of esters is 2. The third-order valence-corrected chi connectivity index (χ3v) is 8.28. The average molecular weight is 741 g/mol. The summed E-state index contributed by atoms with van der Waals surface area (Å²) < 4.78 is 17.1. The van der Waals surface area contributed by atoms with Crippen molar-refractivity contribution in [2.75, 3.05) is 41.0 Å². The molecule has 0 aromatic rings. The van der Waals surface area contributed by atoms with Crippen molar-refractivity contribution in [3.63, 3.8) is 0 Å². The quantitative estimate of drug-likeness (QED) is 0.0303. The molecule has 0 heterocycles. The van der Waals surface area contributed by atoms with Crippen LogP contribution in [0.4, 0.5) is 0 Å². The molecular formula is C45H74NO7+. The van der Waals surface area contributed by atoms with Crippen LogP contribution in [0.15, 0.2) is 85.1 Å². The van der Waals surface area contributed by atoms with Crippen molar-refractivity contribution in [2.45, 2.75) is 142 Å². The Morgan fingerprint density at radius 2 is 1.06 bits per heavy atom. The van der Waals surface area contributed by atoms with E-state index in [1.54, 1.807) is 0 Å². The first-order valence-corrected chi connectivity index (χ1v) is 20.1. The van der Waals surface area contributed by atoms with Crippen LogP contribution in [0.3, 0.4) is 0 Å². The first-order valence-electron chi connectivity index (χ1n) is 20.1. The molecule has 0 amide bonds. The topological polar surface area (TPSA) is 99.1 Å². The Morgan fingerprint density at radius 3 is 1.55 bits per heavy atom. The lowest BCUT2D eigenvalue weighted by molar-refractivity contribution is -0.887. The van der Waals surface area contributed by atoms with Gasteiger partial charge < -0.3 is 23.8 Å². The predicted molar refractivity (Wildman–Crippen MR) is 220 cm³/mol. The van der Waals surface area contributed by atoms with Crippen LogP contribution < -0.4 is 0 Å². The molecule has 0 rings (SSSR count). The number of ether oxygens (including phenoxy) is 3. The van der Waals surface area contributed by atoms with Crippen molar-refractivity contribution in [2.24, 2.45) is 0 Å². The standard InChI is InChI=1S/C45H73NO7/c1-6-8-10-12-14-16-17-18-19-20-21-22-23-24-25-26-28-30-32-34-36-44(48)53-41(39-51-38-37-42(45(49)50)46(3,4)5)40-52-43(47)35-33-31-29-27-15-13-11-9-7-2/h8,10,14,16,18-19,21-22,24-25,27-30,41-42H,6-7,9,11-13,15,17,20,23,26,31-40H2,1-5H3/p+1/b10-8+,16-14+,19-18+,22-21+,25-24+,29-27+,30-28+. The van der Waals surface area contributed by atoms with E-state index in [9.17, 15) is 19.5 Å². The number of hydrogen-bond donors (Lipinski definition) is 1. The average Bonchev–Trinajstić information content (AvgIpc) is 3.11. The Morgan fingerprint density at radius 1 is 0.585 bits per heavy atom. The summed E-state index contributed by atoms with van der Waals surface area (Å²) in [5.74, 6) is -1.60. The van der Waals surface area contributed by atoms with Crippen molar-refractivity contribution in [1.82, 2.24) is 0 Å². The molecule has 2 atom stereocenters. The van der Waals surface area contributed by atoms with Crippen molar-refractivity contribution in [1.29, 1.82) is 0 Å². The number of allylic oxidation sites excluding steroid dienone is 14. The fourth-order valence-electron chi connectivity index (χ4n) is 5.16. The molecule has 0 aliphatic rings. The summed E-state index contributed by atoms with van der Waals surface area (Å²) in [6.45, 7) is 4.46. The number of rotatable bonds is 34. The van der Waals surface area contributed by atoms with Gasteiger partial charge in [-0.1, -0.05) is 118 Å². The van der Waals surface area contributed by atoms with Gasteiger partial charge >= 0.3 is 17.9 Å². The van der Waals surface area contributed by atoms with Gasteiger partial charge in [0.05, 0.1) is 34.4 Å². The first-order chi connectivity index (χ1) is 25.6. The van der Waals surface area contributed by atoms with Gasteiger partial charge in [0.2, 0.25) is 0 Å². The molecule has 0 aromatic heterocycles. The molecule has 0 fully saturated rings. The van der Waals surface area contributed by atoms with Gasteiger partial charge in [-0.2, -0.15) is 0 Å². The summed E-state index contributed by atoms with van der Waals surface area (Å²) in [4.78, 5) is 36.7. The van der Waals surface area contributed by atoms with Crippen LogP contribution in [0.1, 0.15) is 129 Å². The fraction of sp³-hybridized carbons (Fsp3) is 0.622. The van der Waals surface area contributed by atoms with Gasteiger partial charge in [-0.25, -0.2) is 4.79 Å². The van der Waals surface area contributed by atoms with Gasteiger partial charge in [0, 0.05) is 19.3 Å². The van der Waals surface area contributed by atoms with Crippen molar-refractivity contribution in [3.05, 3.63) is 85.1 Å². The Kier molecular flexibility index (Phi) is 33.2. The summed E-state index contributed by atoms with van der Waals surface area (Å²) in [6, 6.07) is -0.631. The Labute approximate surface area is 323 Å². The minimum Gasteiger partial charge on any atom is -0.477 e. The number of carboxylic acid groups (broad SMARTS) is 1. The largest absolute Gasteiger partial charge is 0.477 e. The summed E-state index contributed by atoms with van der Waals surface area (Å²) >= 11 is 0. The number of carboxylic acids is 1. The molecule has 8 nitrogen and oxygen atoms in total. The van der Waals surface area contributed by atoms with Crippen LogP contribution in [-0.2, 0) is 28.6 Å². The number of hydrogen-bond acceptors (Lipinski definition) is 6. The number of unbranched alkanes of at least 4 members (excludes halogenated alkanes) is 6. The van der Waals surface area contributed by atoms with Crippen LogP contribution in [-0.4, -0.2) is 80.6 Å². The second-order valence-electron chi connectivity index (χ2n) is 14.1. The number of nitrogens with zero attached hydrogens (tertiary/aromatic N) is 1. The third kappa shape index (κ3) is 34.1.